The molecular weight excluding hydrogens is 253 g/mol. The van der Waals surface area contributed by atoms with Gasteiger partial charge in [-0.05, 0) is 49.5 Å². The van der Waals surface area contributed by atoms with Gasteiger partial charge in [-0.1, -0.05) is 12.1 Å². The average molecular weight is 273 g/mol. The summed E-state index contributed by atoms with van der Waals surface area (Å²) in [5, 5.41) is 0. The Morgan fingerprint density at radius 2 is 1.90 bits per heavy atom. The van der Waals surface area contributed by atoms with E-state index >= 15 is 0 Å². The van der Waals surface area contributed by atoms with E-state index in [4.69, 9.17) is 0 Å². The number of likely N-dealkylation sites (tertiary alicyclic amines) is 1. The van der Waals surface area contributed by atoms with Crippen molar-refractivity contribution in [2.75, 3.05) is 13.1 Å². The van der Waals surface area contributed by atoms with Crippen LogP contribution in [0.5, 0.6) is 0 Å². The molecule has 0 unspecified atom stereocenters. The van der Waals surface area contributed by atoms with Crippen LogP contribution < -0.4 is 0 Å². The second kappa shape index (κ2) is 6.18. The molecular formula is C16H20FN3. The number of rotatable bonds is 4. The van der Waals surface area contributed by atoms with Crippen LogP contribution in [0.3, 0.4) is 0 Å². The van der Waals surface area contributed by atoms with Crippen molar-refractivity contribution in [3.63, 3.8) is 0 Å². The molecule has 0 saturated carbocycles. The van der Waals surface area contributed by atoms with Gasteiger partial charge >= 0.3 is 0 Å². The van der Waals surface area contributed by atoms with Crippen LogP contribution in [-0.2, 0) is 13.1 Å². The van der Waals surface area contributed by atoms with E-state index in [-0.39, 0.29) is 5.82 Å². The van der Waals surface area contributed by atoms with Crippen LogP contribution in [-0.4, -0.2) is 27.5 Å². The van der Waals surface area contributed by atoms with Crippen molar-refractivity contribution in [2.45, 2.75) is 25.9 Å². The van der Waals surface area contributed by atoms with Crippen molar-refractivity contribution < 1.29 is 4.39 Å². The van der Waals surface area contributed by atoms with E-state index in [1.54, 1.807) is 12.1 Å². The molecule has 1 fully saturated rings. The molecule has 0 amide bonds. The Morgan fingerprint density at radius 1 is 1.15 bits per heavy atom. The van der Waals surface area contributed by atoms with E-state index < -0.39 is 0 Å². The summed E-state index contributed by atoms with van der Waals surface area (Å²) in [6.45, 7) is 4.25. The summed E-state index contributed by atoms with van der Waals surface area (Å²) in [6.07, 6.45) is 8.21. The van der Waals surface area contributed by atoms with Crippen molar-refractivity contribution in [3.05, 3.63) is 54.4 Å². The van der Waals surface area contributed by atoms with Crippen molar-refractivity contribution >= 4 is 0 Å². The quantitative estimate of drug-likeness (QED) is 0.854. The topological polar surface area (TPSA) is 21.1 Å². The molecule has 1 aromatic heterocycles. The highest BCUT2D eigenvalue weighted by molar-refractivity contribution is 5.15. The van der Waals surface area contributed by atoms with Gasteiger partial charge in [0.05, 0.1) is 6.33 Å². The van der Waals surface area contributed by atoms with Crippen LogP contribution in [0.4, 0.5) is 4.39 Å². The molecule has 0 spiro atoms. The summed E-state index contributed by atoms with van der Waals surface area (Å²) < 4.78 is 15.0. The molecule has 0 radical (unpaired) electrons. The normalized spacial score (nSPS) is 17.4. The van der Waals surface area contributed by atoms with Gasteiger partial charge in [-0.15, -0.1) is 0 Å². The Bertz CT molecular complexity index is 513. The molecule has 3 rings (SSSR count). The molecule has 0 atom stereocenters. The van der Waals surface area contributed by atoms with E-state index in [9.17, 15) is 4.39 Å². The summed E-state index contributed by atoms with van der Waals surface area (Å²) >= 11 is 0. The molecule has 1 saturated heterocycles. The zero-order valence-corrected chi connectivity index (χ0v) is 11.6. The number of hydrogen-bond acceptors (Lipinski definition) is 2. The Balaban J connectivity index is 1.47. The maximum Gasteiger partial charge on any atom is 0.123 e. The minimum absolute atomic E-state index is 0.159. The Kier molecular flexibility index (Phi) is 4.11. The first-order chi connectivity index (χ1) is 9.79. The molecule has 0 bridgehead atoms. The Labute approximate surface area is 119 Å². The Hall–Kier alpha value is -1.68. The fraction of sp³-hybridized carbons (Fsp3) is 0.438. The highest BCUT2D eigenvalue weighted by Crippen LogP contribution is 2.20. The molecule has 1 aliphatic rings. The standard InChI is InChI=1S/C16H20FN3/c17-16-3-1-14(2-4-16)11-19-8-5-15(6-9-19)12-20-10-7-18-13-20/h1-4,7,10,13,15H,5-6,8-9,11-12H2. The van der Waals surface area contributed by atoms with E-state index in [1.807, 2.05) is 30.9 Å². The summed E-state index contributed by atoms with van der Waals surface area (Å²) in [7, 11) is 0. The van der Waals surface area contributed by atoms with E-state index in [0.29, 0.717) is 0 Å². The smallest absolute Gasteiger partial charge is 0.123 e. The number of benzene rings is 1. The predicted octanol–water partition coefficient (Wildman–Crippen LogP) is 2.93. The van der Waals surface area contributed by atoms with Gasteiger partial charge in [0.15, 0.2) is 0 Å². The maximum absolute atomic E-state index is 12.9. The van der Waals surface area contributed by atoms with Crippen LogP contribution in [0.1, 0.15) is 18.4 Å². The molecule has 2 aromatic rings. The van der Waals surface area contributed by atoms with Crippen molar-refractivity contribution in [2.24, 2.45) is 5.92 Å². The first-order valence-electron chi connectivity index (χ1n) is 7.22. The van der Waals surface area contributed by atoms with Crippen molar-refractivity contribution in [1.29, 1.82) is 0 Å². The largest absolute Gasteiger partial charge is 0.337 e. The average Bonchev–Trinajstić information content (AvgIpc) is 2.96. The molecule has 0 N–H and O–H groups in total. The zero-order chi connectivity index (χ0) is 13.8. The lowest BCUT2D eigenvalue weighted by Crippen LogP contribution is -2.34. The van der Waals surface area contributed by atoms with Crippen LogP contribution in [0, 0.1) is 11.7 Å². The van der Waals surface area contributed by atoms with Gasteiger partial charge < -0.3 is 4.57 Å². The lowest BCUT2D eigenvalue weighted by Gasteiger charge is -2.32. The highest BCUT2D eigenvalue weighted by atomic mass is 19.1. The van der Waals surface area contributed by atoms with Crippen LogP contribution >= 0.6 is 0 Å². The summed E-state index contributed by atoms with van der Waals surface area (Å²) in [5.74, 6) is 0.585. The fourth-order valence-electron chi connectivity index (χ4n) is 2.87. The summed E-state index contributed by atoms with van der Waals surface area (Å²) in [5.41, 5.74) is 1.19. The van der Waals surface area contributed by atoms with Crippen molar-refractivity contribution in [1.82, 2.24) is 14.5 Å². The third kappa shape index (κ3) is 3.45. The molecule has 106 valence electrons. The van der Waals surface area contributed by atoms with Gasteiger partial charge in [-0.25, -0.2) is 9.37 Å². The molecule has 0 aliphatic carbocycles. The van der Waals surface area contributed by atoms with Gasteiger partial charge in [0.25, 0.3) is 0 Å². The number of nitrogens with zero attached hydrogens (tertiary/aromatic N) is 3. The molecule has 20 heavy (non-hydrogen) atoms. The first-order valence-corrected chi connectivity index (χ1v) is 7.22. The number of aromatic nitrogens is 2. The lowest BCUT2D eigenvalue weighted by atomic mass is 9.96. The predicted molar refractivity (Wildman–Crippen MR) is 76.6 cm³/mol. The first kappa shape index (κ1) is 13.3. The number of imidazole rings is 1. The molecule has 4 heteroatoms. The second-order valence-corrected chi connectivity index (χ2v) is 5.61. The van der Waals surface area contributed by atoms with Gasteiger partial charge in [0.2, 0.25) is 0 Å². The van der Waals surface area contributed by atoms with Crippen LogP contribution in [0.25, 0.3) is 0 Å². The minimum Gasteiger partial charge on any atom is -0.337 e. The van der Waals surface area contributed by atoms with E-state index in [0.717, 1.165) is 32.1 Å². The molecule has 1 aliphatic heterocycles. The Morgan fingerprint density at radius 3 is 2.55 bits per heavy atom. The second-order valence-electron chi connectivity index (χ2n) is 5.61. The monoisotopic (exact) mass is 273 g/mol. The van der Waals surface area contributed by atoms with Crippen LogP contribution in [0.15, 0.2) is 43.0 Å². The van der Waals surface area contributed by atoms with Gasteiger partial charge in [0.1, 0.15) is 5.82 Å². The van der Waals surface area contributed by atoms with Gasteiger partial charge in [0, 0.05) is 25.5 Å². The summed E-state index contributed by atoms with van der Waals surface area (Å²) in [4.78, 5) is 6.54. The van der Waals surface area contributed by atoms with E-state index in [2.05, 4.69) is 14.5 Å². The van der Waals surface area contributed by atoms with Crippen LogP contribution in [0.2, 0.25) is 0 Å². The molecule has 3 nitrogen and oxygen atoms in total. The van der Waals surface area contributed by atoms with Gasteiger partial charge in [-0.2, -0.15) is 0 Å². The number of hydrogen-bond donors (Lipinski definition) is 0. The van der Waals surface area contributed by atoms with E-state index in [1.165, 1.54) is 18.4 Å². The zero-order valence-electron chi connectivity index (χ0n) is 11.6. The molecule has 2 heterocycles. The summed E-state index contributed by atoms with van der Waals surface area (Å²) in [6, 6.07) is 6.85. The van der Waals surface area contributed by atoms with Crippen molar-refractivity contribution in [3.8, 4) is 0 Å². The number of halogens is 1. The highest BCUT2D eigenvalue weighted by Gasteiger charge is 2.19. The third-order valence-corrected chi connectivity index (χ3v) is 4.05. The SMILES string of the molecule is Fc1ccc(CN2CCC(Cn3ccnc3)CC2)cc1. The van der Waals surface area contributed by atoms with Gasteiger partial charge in [-0.3, -0.25) is 4.90 Å². The fourth-order valence-corrected chi connectivity index (χ4v) is 2.87. The third-order valence-electron chi connectivity index (χ3n) is 4.05. The maximum atomic E-state index is 12.9. The lowest BCUT2D eigenvalue weighted by molar-refractivity contribution is 0.167. The molecule has 1 aromatic carbocycles. The minimum atomic E-state index is -0.159. The number of piperidine rings is 1.